The van der Waals surface area contributed by atoms with Crippen molar-refractivity contribution in [3.05, 3.63) is 52.2 Å². The Labute approximate surface area is 127 Å². The largest absolute Gasteiger partial charge is 0.294 e. The highest BCUT2D eigenvalue weighted by Crippen LogP contribution is 2.22. The van der Waals surface area contributed by atoms with Crippen molar-refractivity contribution in [1.29, 1.82) is 0 Å². The Hall–Kier alpha value is -1.39. The van der Waals surface area contributed by atoms with Crippen LogP contribution in [0, 0.1) is 5.92 Å². The Balaban J connectivity index is 1.94. The van der Waals surface area contributed by atoms with Gasteiger partial charge in [0, 0.05) is 16.4 Å². The molecule has 2 rings (SSSR count). The smallest absolute Gasteiger partial charge is 0.182 e. The molecule has 2 nitrogen and oxygen atoms in total. The maximum atomic E-state index is 11.9. The second-order valence-electron chi connectivity index (χ2n) is 4.73. The molecule has 0 spiro atoms. The standard InChI is InChI=1S/C16H16O2S2/c1-11(2)16(18)12-5-7-13(8-6-12)20-10-14(17)15-4-3-9-19-15/h3-9,11H,10H2,1-2H3. The molecule has 0 amide bonds. The van der Waals surface area contributed by atoms with Crippen molar-refractivity contribution in [3.8, 4) is 0 Å². The normalized spacial score (nSPS) is 10.8. The first-order valence-electron chi connectivity index (χ1n) is 6.41. The fraction of sp³-hybridized carbons (Fsp3) is 0.250. The summed E-state index contributed by atoms with van der Waals surface area (Å²) in [5.74, 6) is 0.732. The van der Waals surface area contributed by atoms with Crippen molar-refractivity contribution in [3.63, 3.8) is 0 Å². The number of thiophene rings is 1. The van der Waals surface area contributed by atoms with Gasteiger partial charge in [0.25, 0.3) is 0 Å². The molecular weight excluding hydrogens is 288 g/mol. The van der Waals surface area contributed by atoms with Gasteiger partial charge >= 0.3 is 0 Å². The molecule has 0 saturated heterocycles. The molecule has 0 fully saturated rings. The monoisotopic (exact) mass is 304 g/mol. The lowest BCUT2D eigenvalue weighted by Gasteiger charge is -2.05. The number of hydrogen-bond donors (Lipinski definition) is 0. The minimum atomic E-state index is 0.00825. The number of benzene rings is 1. The Bertz CT molecular complexity index is 583. The van der Waals surface area contributed by atoms with E-state index in [-0.39, 0.29) is 17.5 Å². The van der Waals surface area contributed by atoms with Gasteiger partial charge in [-0.05, 0) is 23.6 Å². The molecule has 0 aliphatic rings. The van der Waals surface area contributed by atoms with Gasteiger partial charge in [0.05, 0.1) is 10.6 Å². The van der Waals surface area contributed by atoms with Crippen molar-refractivity contribution in [2.75, 3.05) is 5.75 Å². The van der Waals surface area contributed by atoms with E-state index in [1.807, 2.05) is 55.6 Å². The van der Waals surface area contributed by atoms with Gasteiger partial charge in [-0.25, -0.2) is 0 Å². The summed E-state index contributed by atoms with van der Waals surface area (Å²) in [7, 11) is 0. The third-order valence-electron chi connectivity index (χ3n) is 2.83. The van der Waals surface area contributed by atoms with E-state index in [2.05, 4.69) is 0 Å². The minimum Gasteiger partial charge on any atom is -0.294 e. The predicted molar refractivity (Wildman–Crippen MR) is 85.0 cm³/mol. The number of ketones is 2. The van der Waals surface area contributed by atoms with E-state index >= 15 is 0 Å². The van der Waals surface area contributed by atoms with Crippen LogP contribution in [-0.4, -0.2) is 17.3 Å². The fourth-order valence-electron chi connectivity index (χ4n) is 1.71. The van der Waals surface area contributed by atoms with Crippen LogP contribution in [0.3, 0.4) is 0 Å². The average Bonchev–Trinajstić information content (AvgIpc) is 2.98. The van der Waals surface area contributed by atoms with Crippen molar-refractivity contribution >= 4 is 34.7 Å². The minimum absolute atomic E-state index is 0.00825. The molecule has 2 aromatic rings. The molecule has 20 heavy (non-hydrogen) atoms. The zero-order chi connectivity index (χ0) is 14.5. The van der Waals surface area contributed by atoms with Crippen LogP contribution >= 0.6 is 23.1 Å². The van der Waals surface area contributed by atoms with Crippen molar-refractivity contribution in [2.45, 2.75) is 18.7 Å². The Morgan fingerprint density at radius 3 is 2.40 bits per heavy atom. The molecule has 1 aromatic heterocycles. The quantitative estimate of drug-likeness (QED) is 0.579. The van der Waals surface area contributed by atoms with Gasteiger partial charge in [0.15, 0.2) is 11.6 Å². The molecule has 0 aliphatic carbocycles. The van der Waals surface area contributed by atoms with E-state index in [4.69, 9.17) is 0 Å². The zero-order valence-corrected chi connectivity index (χ0v) is 13.1. The highest BCUT2D eigenvalue weighted by molar-refractivity contribution is 8.00. The first-order chi connectivity index (χ1) is 9.58. The number of carbonyl (C=O) groups excluding carboxylic acids is 2. The maximum absolute atomic E-state index is 11.9. The van der Waals surface area contributed by atoms with E-state index in [0.717, 1.165) is 15.3 Å². The average molecular weight is 304 g/mol. The van der Waals surface area contributed by atoms with Crippen LogP contribution in [-0.2, 0) is 0 Å². The third kappa shape index (κ3) is 3.81. The van der Waals surface area contributed by atoms with E-state index in [1.54, 1.807) is 0 Å². The zero-order valence-electron chi connectivity index (χ0n) is 11.5. The Kier molecular flexibility index (Phi) is 5.15. The Morgan fingerprint density at radius 1 is 1.15 bits per heavy atom. The molecule has 4 heteroatoms. The summed E-state index contributed by atoms with van der Waals surface area (Å²) in [5, 5.41) is 1.91. The van der Waals surface area contributed by atoms with E-state index < -0.39 is 0 Å². The van der Waals surface area contributed by atoms with E-state index in [1.165, 1.54) is 23.1 Å². The maximum Gasteiger partial charge on any atom is 0.182 e. The van der Waals surface area contributed by atoms with Crippen molar-refractivity contribution in [1.82, 2.24) is 0 Å². The third-order valence-corrected chi connectivity index (χ3v) is 4.75. The van der Waals surface area contributed by atoms with Gasteiger partial charge in [-0.3, -0.25) is 9.59 Å². The van der Waals surface area contributed by atoms with Gasteiger partial charge in [-0.1, -0.05) is 32.0 Å². The molecule has 0 N–H and O–H groups in total. The summed E-state index contributed by atoms with van der Waals surface area (Å²) in [6.07, 6.45) is 0. The van der Waals surface area contributed by atoms with E-state index in [0.29, 0.717) is 5.75 Å². The molecule has 0 radical (unpaired) electrons. The summed E-state index contributed by atoms with van der Waals surface area (Å²) >= 11 is 2.97. The first-order valence-corrected chi connectivity index (χ1v) is 8.28. The van der Waals surface area contributed by atoms with Gasteiger partial charge in [-0.15, -0.1) is 23.1 Å². The summed E-state index contributed by atoms with van der Waals surface area (Å²) in [6.45, 7) is 3.79. The summed E-state index contributed by atoms with van der Waals surface area (Å²) in [4.78, 5) is 25.5. The molecular formula is C16H16O2S2. The summed E-state index contributed by atoms with van der Waals surface area (Å²) < 4.78 is 0. The molecule has 0 unspecified atom stereocenters. The number of rotatable bonds is 6. The molecule has 104 valence electrons. The van der Waals surface area contributed by atoms with Gasteiger partial charge in [0.2, 0.25) is 0 Å². The van der Waals surface area contributed by atoms with Crippen LogP contribution in [0.4, 0.5) is 0 Å². The Morgan fingerprint density at radius 2 is 1.85 bits per heavy atom. The molecule has 1 heterocycles. The van der Waals surface area contributed by atoms with Crippen LogP contribution in [0.25, 0.3) is 0 Å². The van der Waals surface area contributed by atoms with Crippen LogP contribution in [0.5, 0.6) is 0 Å². The van der Waals surface area contributed by atoms with Crippen LogP contribution < -0.4 is 0 Å². The number of hydrogen-bond acceptors (Lipinski definition) is 4. The van der Waals surface area contributed by atoms with Crippen LogP contribution in [0.1, 0.15) is 33.9 Å². The number of carbonyl (C=O) groups is 2. The molecule has 1 aromatic carbocycles. The molecule has 0 saturated carbocycles. The summed E-state index contributed by atoms with van der Waals surface area (Å²) in [6, 6.07) is 11.2. The summed E-state index contributed by atoms with van der Waals surface area (Å²) in [5.41, 5.74) is 0.730. The SMILES string of the molecule is CC(C)C(=O)c1ccc(SCC(=O)c2cccs2)cc1. The highest BCUT2D eigenvalue weighted by atomic mass is 32.2. The van der Waals surface area contributed by atoms with E-state index in [9.17, 15) is 9.59 Å². The number of thioether (sulfide) groups is 1. The molecule has 0 aliphatic heterocycles. The fourth-order valence-corrected chi connectivity index (χ4v) is 3.24. The molecule has 0 atom stereocenters. The second kappa shape index (κ2) is 6.86. The van der Waals surface area contributed by atoms with Gasteiger partial charge in [0.1, 0.15) is 0 Å². The lowest BCUT2D eigenvalue weighted by atomic mass is 10.0. The first kappa shape index (κ1) is 15.0. The lowest BCUT2D eigenvalue weighted by molar-refractivity contribution is 0.0938. The second-order valence-corrected chi connectivity index (χ2v) is 6.73. The highest BCUT2D eigenvalue weighted by Gasteiger charge is 2.11. The van der Waals surface area contributed by atoms with Crippen molar-refractivity contribution in [2.24, 2.45) is 5.92 Å². The van der Waals surface area contributed by atoms with Crippen LogP contribution in [0.15, 0.2) is 46.7 Å². The molecule has 0 bridgehead atoms. The van der Waals surface area contributed by atoms with Crippen LogP contribution in [0.2, 0.25) is 0 Å². The topological polar surface area (TPSA) is 34.1 Å². The predicted octanol–water partition coefficient (Wildman–Crippen LogP) is 4.56. The number of Topliss-reactive ketones (excluding diaryl/α,β-unsaturated/α-hetero) is 2. The lowest BCUT2D eigenvalue weighted by Crippen LogP contribution is -2.06. The van der Waals surface area contributed by atoms with Gasteiger partial charge in [-0.2, -0.15) is 0 Å². The van der Waals surface area contributed by atoms with Crippen molar-refractivity contribution < 1.29 is 9.59 Å². The van der Waals surface area contributed by atoms with Gasteiger partial charge < -0.3 is 0 Å².